The van der Waals surface area contributed by atoms with Crippen LogP contribution in [-0.4, -0.2) is 14.4 Å². The van der Waals surface area contributed by atoms with Crippen molar-refractivity contribution in [2.24, 2.45) is 0 Å². The van der Waals surface area contributed by atoms with E-state index in [9.17, 15) is 17.6 Å². The molecule has 0 atom stereocenters. The van der Waals surface area contributed by atoms with Gasteiger partial charge in [0, 0.05) is 5.56 Å². The standard InChI is InChI=1S/C23H21FN2O3S/c1-16(2)17-11-13-19(14-12-17)26-23(27)25(15-18-7-3-4-8-20(18)24)21-9-5-6-10-22(21)30(26,28)29/h3-14,16H,15H2,1-2H3. The maximum absolute atomic E-state index is 14.3. The molecule has 0 radical (unpaired) electrons. The van der Waals surface area contributed by atoms with Crippen molar-refractivity contribution < 1.29 is 17.6 Å². The lowest BCUT2D eigenvalue weighted by atomic mass is 10.0. The number of nitrogens with zero attached hydrogens (tertiary/aromatic N) is 2. The maximum Gasteiger partial charge on any atom is 0.343 e. The molecule has 0 saturated heterocycles. The molecule has 0 N–H and O–H groups in total. The third kappa shape index (κ3) is 3.35. The SMILES string of the molecule is CC(C)c1ccc(N2C(=O)N(Cc3ccccc3F)c3ccccc3S2(=O)=O)cc1. The molecule has 0 fully saturated rings. The minimum absolute atomic E-state index is 0.00822. The molecular weight excluding hydrogens is 403 g/mol. The fourth-order valence-electron chi connectivity index (χ4n) is 3.51. The van der Waals surface area contributed by atoms with E-state index in [4.69, 9.17) is 0 Å². The summed E-state index contributed by atoms with van der Waals surface area (Å²) in [6, 6.07) is 18.5. The normalized spacial score (nSPS) is 15.4. The van der Waals surface area contributed by atoms with Gasteiger partial charge in [0.15, 0.2) is 0 Å². The van der Waals surface area contributed by atoms with Crippen LogP contribution in [0.25, 0.3) is 0 Å². The van der Waals surface area contributed by atoms with E-state index in [2.05, 4.69) is 0 Å². The highest BCUT2D eigenvalue weighted by molar-refractivity contribution is 7.94. The Labute approximate surface area is 175 Å². The molecule has 0 spiro atoms. The average molecular weight is 424 g/mol. The van der Waals surface area contributed by atoms with Gasteiger partial charge in [0.25, 0.3) is 10.0 Å². The number of urea groups is 1. The number of hydrogen-bond donors (Lipinski definition) is 0. The quantitative estimate of drug-likeness (QED) is 0.572. The highest BCUT2D eigenvalue weighted by Gasteiger charge is 2.42. The van der Waals surface area contributed by atoms with Crippen LogP contribution in [0.2, 0.25) is 0 Å². The second kappa shape index (κ2) is 7.57. The first-order chi connectivity index (χ1) is 14.3. The minimum Gasteiger partial charge on any atom is -0.287 e. The zero-order valence-corrected chi connectivity index (χ0v) is 17.4. The fourth-order valence-corrected chi connectivity index (χ4v) is 5.10. The van der Waals surface area contributed by atoms with Gasteiger partial charge in [-0.25, -0.2) is 17.6 Å². The molecule has 0 unspecified atom stereocenters. The summed E-state index contributed by atoms with van der Waals surface area (Å²) < 4.78 is 41.7. The molecule has 30 heavy (non-hydrogen) atoms. The number of rotatable bonds is 4. The number of sulfonamides is 1. The van der Waals surface area contributed by atoms with E-state index in [0.29, 0.717) is 5.56 Å². The number of fused-ring (bicyclic) bond motifs is 1. The Kier molecular flexibility index (Phi) is 5.07. The van der Waals surface area contributed by atoms with E-state index in [1.54, 1.807) is 48.5 Å². The van der Waals surface area contributed by atoms with Crippen LogP contribution in [0.3, 0.4) is 0 Å². The zero-order chi connectivity index (χ0) is 21.5. The van der Waals surface area contributed by atoms with Crippen LogP contribution >= 0.6 is 0 Å². The smallest absolute Gasteiger partial charge is 0.287 e. The van der Waals surface area contributed by atoms with Gasteiger partial charge in [0.1, 0.15) is 10.7 Å². The molecule has 154 valence electrons. The van der Waals surface area contributed by atoms with Crippen molar-refractivity contribution in [1.29, 1.82) is 0 Å². The maximum atomic E-state index is 14.3. The molecule has 1 aliphatic rings. The molecule has 0 aromatic heterocycles. The Bertz CT molecular complexity index is 1210. The van der Waals surface area contributed by atoms with Crippen LogP contribution in [0.5, 0.6) is 0 Å². The van der Waals surface area contributed by atoms with E-state index in [-0.39, 0.29) is 28.7 Å². The third-order valence-electron chi connectivity index (χ3n) is 5.16. The van der Waals surface area contributed by atoms with Crippen molar-refractivity contribution in [2.75, 3.05) is 9.21 Å². The predicted molar refractivity (Wildman–Crippen MR) is 115 cm³/mol. The van der Waals surface area contributed by atoms with E-state index in [1.807, 2.05) is 26.0 Å². The van der Waals surface area contributed by atoms with Crippen molar-refractivity contribution in [3.8, 4) is 0 Å². The first kappa shape index (κ1) is 20.1. The van der Waals surface area contributed by atoms with Crippen LogP contribution in [-0.2, 0) is 16.6 Å². The highest BCUT2D eigenvalue weighted by Crippen LogP contribution is 2.38. The van der Waals surface area contributed by atoms with E-state index in [0.717, 1.165) is 9.87 Å². The Morgan fingerprint density at radius 3 is 2.20 bits per heavy atom. The van der Waals surface area contributed by atoms with Crippen LogP contribution < -0.4 is 9.21 Å². The fraction of sp³-hybridized carbons (Fsp3) is 0.174. The molecule has 4 rings (SSSR count). The minimum atomic E-state index is -4.11. The lowest BCUT2D eigenvalue weighted by molar-refractivity contribution is 0.253. The van der Waals surface area contributed by atoms with Crippen LogP contribution in [0.4, 0.5) is 20.6 Å². The molecule has 3 aromatic carbocycles. The van der Waals surface area contributed by atoms with Crippen LogP contribution in [0, 0.1) is 5.82 Å². The second-order valence-corrected chi connectivity index (χ2v) is 9.20. The summed E-state index contributed by atoms with van der Waals surface area (Å²) in [7, 11) is -4.11. The van der Waals surface area contributed by atoms with Crippen molar-refractivity contribution in [2.45, 2.75) is 31.2 Å². The number of anilines is 2. The molecular formula is C23H21FN2O3S. The van der Waals surface area contributed by atoms with Gasteiger partial charge in [-0.05, 0) is 41.8 Å². The third-order valence-corrected chi connectivity index (χ3v) is 6.91. The number of halogens is 1. The number of amides is 2. The largest absolute Gasteiger partial charge is 0.343 e. The Hall–Kier alpha value is -3.19. The first-order valence-electron chi connectivity index (χ1n) is 9.60. The van der Waals surface area contributed by atoms with Crippen molar-refractivity contribution >= 4 is 27.4 Å². The van der Waals surface area contributed by atoms with Gasteiger partial charge in [0.05, 0.1) is 17.9 Å². The van der Waals surface area contributed by atoms with Gasteiger partial charge >= 0.3 is 6.03 Å². The highest BCUT2D eigenvalue weighted by atomic mass is 32.2. The van der Waals surface area contributed by atoms with E-state index in [1.165, 1.54) is 17.0 Å². The van der Waals surface area contributed by atoms with Crippen molar-refractivity contribution in [3.05, 3.63) is 89.7 Å². The molecule has 0 bridgehead atoms. The molecule has 5 nitrogen and oxygen atoms in total. The molecule has 0 saturated carbocycles. The Morgan fingerprint density at radius 2 is 1.53 bits per heavy atom. The zero-order valence-electron chi connectivity index (χ0n) is 16.6. The number of carbonyl (C=O) groups excluding carboxylic acids is 1. The van der Waals surface area contributed by atoms with E-state index < -0.39 is 21.9 Å². The van der Waals surface area contributed by atoms with Gasteiger partial charge in [-0.2, -0.15) is 4.31 Å². The molecule has 1 aliphatic heterocycles. The Morgan fingerprint density at radius 1 is 0.900 bits per heavy atom. The van der Waals surface area contributed by atoms with E-state index >= 15 is 0 Å². The lowest BCUT2D eigenvalue weighted by Crippen LogP contribution is -2.50. The monoisotopic (exact) mass is 424 g/mol. The molecule has 2 amide bonds. The summed E-state index contributed by atoms with van der Waals surface area (Å²) in [6.07, 6.45) is 0. The second-order valence-electron chi connectivity index (χ2n) is 7.44. The van der Waals surface area contributed by atoms with Crippen LogP contribution in [0.1, 0.15) is 30.9 Å². The molecule has 0 aliphatic carbocycles. The number of hydrogen-bond acceptors (Lipinski definition) is 3. The number of carbonyl (C=O) groups is 1. The number of para-hydroxylation sites is 1. The topological polar surface area (TPSA) is 57.7 Å². The lowest BCUT2D eigenvalue weighted by Gasteiger charge is -2.36. The average Bonchev–Trinajstić information content (AvgIpc) is 2.73. The molecule has 1 heterocycles. The predicted octanol–water partition coefficient (Wildman–Crippen LogP) is 5.28. The van der Waals surface area contributed by atoms with Gasteiger partial charge in [-0.3, -0.25) is 4.90 Å². The van der Waals surface area contributed by atoms with Crippen molar-refractivity contribution in [3.63, 3.8) is 0 Å². The summed E-state index contributed by atoms with van der Waals surface area (Å²) in [5.74, 6) is -0.185. The van der Waals surface area contributed by atoms with Gasteiger partial charge in [-0.15, -0.1) is 0 Å². The summed E-state index contributed by atoms with van der Waals surface area (Å²) >= 11 is 0. The number of benzene rings is 3. The van der Waals surface area contributed by atoms with Gasteiger partial charge < -0.3 is 0 Å². The molecule has 7 heteroatoms. The molecule has 3 aromatic rings. The van der Waals surface area contributed by atoms with Gasteiger partial charge in [-0.1, -0.05) is 56.3 Å². The Balaban J connectivity index is 1.84. The van der Waals surface area contributed by atoms with Crippen LogP contribution in [0.15, 0.2) is 77.7 Å². The first-order valence-corrected chi connectivity index (χ1v) is 11.0. The summed E-state index contributed by atoms with van der Waals surface area (Å²) in [4.78, 5) is 14.7. The van der Waals surface area contributed by atoms with Crippen molar-refractivity contribution in [1.82, 2.24) is 0 Å². The summed E-state index contributed by atoms with van der Waals surface area (Å²) in [5.41, 5.74) is 1.82. The van der Waals surface area contributed by atoms with Gasteiger partial charge in [0.2, 0.25) is 0 Å². The summed E-state index contributed by atoms with van der Waals surface area (Å²) in [6.45, 7) is 3.98. The summed E-state index contributed by atoms with van der Waals surface area (Å²) in [5, 5.41) is 0.